The van der Waals surface area contributed by atoms with Gasteiger partial charge in [-0.15, -0.1) is 0 Å². The van der Waals surface area contributed by atoms with Crippen LogP contribution in [0, 0.1) is 0 Å². The van der Waals surface area contributed by atoms with E-state index in [1.54, 1.807) is 0 Å². The Morgan fingerprint density at radius 3 is 0.905 bits per heavy atom. The zero-order valence-corrected chi connectivity index (χ0v) is 13.6. The molecular formula is C21H30. The van der Waals surface area contributed by atoms with Crippen LogP contribution in [0.3, 0.4) is 0 Å². The van der Waals surface area contributed by atoms with E-state index < -0.39 is 0 Å². The van der Waals surface area contributed by atoms with Crippen LogP contribution in [0.15, 0.2) is 48.5 Å². The van der Waals surface area contributed by atoms with Crippen molar-refractivity contribution in [3.63, 3.8) is 0 Å². The monoisotopic (exact) mass is 282 g/mol. The fourth-order valence-corrected chi connectivity index (χ4v) is 2.33. The summed E-state index contributed by atoms with van der Waals surface area (Å²) in [5.41, 5.74) is 5.78. The quantitative estimate of drug-likeness (QED) is 0.554. The predicted octanol–water partition coefficient (Wildman–Crippen LogP) is 6.58. The zero-order chi connectivity index (χ0) is 15.0. The summed E-state index contributed by atoms with van der Waals surface area (Å²) in [4.78, 5) is 0. The highest BCUT2D eigenvalue weighted by molar-refractivity contribution is 5.64. The van der Waals surface area contributed by atoms with Crippen LogP contribution in [0.25, 0.3) is 11.1 Å². The van der Waals surface area contributed by atoms with E-state index in [1.165, 1.54) is 22.3 Å². The summed E-state index contributed by atoms with van der Waals surface area (Å²) in [6.45, 7) is 13.5. The summed E-state index contributed by atoms with van der Waals surface area (Å²) < 4.78 is 0. The van der Waals surface area contributed by atoms with Gasteiger partial charge in [0.15, 0.2) is 0 Å². The molecule has 2 rings (SSSR count). The summed E-state index contributed by atoms with van der Waals surface area (Å²) >= 11 is 0. The molecule has 114 valence electrons. The minimum atomic E-state index is 0. The van der Waals surface area contributed by atoms with Gasteiger partial charge < -0.3 is 0 Å². The number of hydrogen-bond acceptors (Lipinski definition) is 0. The number of benzene rings is 2. The van der Waals surface area contributed by atoms with E-state index >= 15 is 0 Å². The molecule has 21 heavy (non-hydrogen) atoms. The maximum atomic E-state index is 2.25. The second kappa shape index (κ2) is 6.05. The first kappa shape index (κ1) is 17.5. The van der Waals surface area contributed by atoms with Crippen LogP contribution in [0.2, 0.25) is 0 Å². The molecule has 0 aliphatic heterocycles. The van der Waals surface area contributed by atoms with Gasteiger partial charge in [0, 0.05) is 0 Å². The van der Waals surface area contributed by atoms with E-state index in [0.717, 1.165) is 0 Å². The molecule has 2 aromatic carbocycles. The van der Waals surface area contributed by atoms with Crippen molar-refractivity contribution in [3.8, 4) is 11.1 Å². The molecular weight excluding hydrogens is 252 g/mol. The van der Waals surface area contributed by atoms with Crippen LogP contribution < -0.4 is 0 Å². The van der Waals surface area contributed by atoms with Crippen molar-refractivity contribution < 1.29 is 0 Å². The molecule has 2 aromatic rings. The van der Waals surface area contributed by atoms with Gasteiger partial charge in [0.1, 0.15) is 0 Å². The third-order valence-electron chi connectivity index (χ3n) is 3.84. The van der Waals surface area contributed by atoms with E-state index in [2.05, 4.69) is 90.1 Å². The average Bonchev–Trinajstić information content (AvgIpc) is 2.37. The van der Waals surface area contributed by atoms with Crippen LogP contribution in [0.4, 0.5) is 0 Å². The molecule has 0 bridgehead atoms. The first-order valence-corrected chi connectivity index (χ1v) is 7.39. The Morgan fingerprint density at radius 2 is 0.714 bits per heavy atom. The number of hydrogen-bond donors (Lipinski definition) is 0. The van der Waals surface area contributed by atoms with Gasteiger partial charge in [-0.3, -0.25) is 0 Å². The summed E-state index contributed by atoms with van der Waals surface area (Å²) in [6.07, 6.45) is 0. The molecule has 0 saturated heterocycles. The first-order valence-electron chi connectivity index (χ1n) is 7.39. The van der Waals surface area contributed by atoms with Gasteiger partial charge in [0.2, 0.25) is 0 Å². The van der Waals surface area contributed by atoms with Gasteiger partial charge in [-0.25, -0.2) is 0 Å². The summed E-state index contributed by atoms with van der Waals surface area (Å²) in [7, 11) is 0. The van der Waals surface area contributed by atoms with Gasteiger partial charge in [-0.05, 0) is 33.1 Å². The van der Waals surface area contributed by atoms with Crippen molar-refractivity contribution in [1.82, 2.24) is 0 Å². The Morgan fingerprint density at radius 1 is 0.476 bits per heavy atom. The van der Waals surface area contributed by atoms with E-state index in [9.17, 15) is 0 Å². The van der Waals surface area contributed by atoms with Crippen molar-refractivity contribution in [2.45, 2.75) is 59.8 Å². The van der Waals surface area contributed by atoms with E-state index in [0.29, 0.717) is 0 Å². The minimum Gasteiger partial charge on any atom is -0.0776 e. The third-order valence-corrected chi connectivity index (χ3v) is 3.84. The fraction of sp³-hybridized carbons (Fsp3) is 0.429. The highest BCUT2D eigenvalue weighted by Crippen LogP contribution is 2.28. The highest BCUT2D eigenvalue weighted by Gasteiger charge is 2.14. The lowest BCUT2D eigenvalue weighted by molar-refractivity contribution is 0.590. The summed E-state index contributed by atoms with van der Waals surface area (Å²) in [5, 5.41) is 0. The molecule has 0 unspecified atom stereocenters. The molecule has 0 radical (unpaired) electrons. The lowest BCUT2D eigenvalue weighted by atomic mass is 9.85. The smallest absolute Gasteiger partial charge is 0.0132 e. The van der Waals surface area contributed by atoms with Crippen LogP contribution in [-0.2, 0) is 10.8 Å². The normalized spacial score (nSPS) is 11.9. The molecule has 0 N–H and O–H groups in total. The van der Waals surface area contributed by atoms with Crippen molar-refractivity contribution in [3.05, 3.63) is 59.7 Å². The Kier molecular flexibility index (Phi) is 5.04. The maximum Gasteiger partial charge on any atom is -0.0132 e. The van der Waals surface area contributed by atoms with Crippen molar-refractivity contribution >= 4 is 0 Å². The molecule has 0 heterocycles. The molecule has 0 aromatic heterocycles. The number of rotatable bonds is 1. The topological polar surface area (TPSA) is 0 Å². The van der Waals surface area contributed by atoms with Gasteiger partial charge in [0.05, 0.1) is 0 Å². The SMILES string of the molecule is C.CC(C)(C)c1ccc(-c2ccc(C(C)(C)C)cc2)cc1. The average molecular weight is 282 g/mol. The minimum absolute atomic E-state index is 0. The van der Waals surface area contributed by atoms with E-state index in [4.69, 9.17) is 0 Å². The Balaban J connectivity index is 0.00000220. The fourth-order valence-electron chi connectivity index (χ4n) is 2.33. The second-order valence-electron chi connectivity index (χ2n) is 7.65. The lowest BCUT2D eigenvalue weighted by Gasteiger charge is -2.20. The molecule has 0 nitrogen and oxygen atoms in total. The van der Waals surface area contributed by atoms with Gasteiger partial charge in [-0.1, -0.05) is 97.5 Å². The molecule has 0 fully saturated rings. The van der Waals surface area contributed by atoms with Gasteiger partial charge in [0.25, 0.3) is 0 Å². The highest BCUT2D eigenvalue weighted by atomic mass is 14.2. The summed E-state index contributed by atoms with van der Waals surface area (Å²) in [5.74, 6) is 0. The van der Waals surface area contributed by atoms with Crippen molar-refractivity contribution in [1.29, 1.82) is 0 Å². The van der Waals surface area contributed by atoms with Crippen LogP contribution >= 0.6 is 0 Å². The van der Waals surface area contributed by atoms with Crippen molar-refractivity contribution in [2.24, 2.45) is 0 Å². The molecule has 0 aliphatic rings. The predicted molar refractivity (Wildman–Crippen MR) is 96.0 cm³/mol. The van der Waals surface area contributed by atoms with Crippen molar-refractivity contribution in [2.75, 3.05) is 0 Å². The molecule has 0 saturated carbocycles. The van der Waals surface area contributed by atoms with E-state index in [1.807, 2.05) is 0 Å². The Labute approximate surface area is 131 Å². The second-order valence-corrected chi connectivity index (χ2v) is 7.65. The van der Waals surface area contributed by atoms with Crippen LogP contribution in [0.5, 0.6) is 0 Å². The molecule has 0 amide bonds. The first-order chi connectivity index (χ1) is 9.18. The lowest BCUT2D eigenvalue weighted by Crippen LogP contribution is -2.10. The molecule has 0 atom stereocenters. The Bertz CT molecular complexity index is 502. The van der Waals surface area contributed by atoms with E-state index in [-0.39, 0.29) is 18.3 Å². The third kappa shape index (κ3) is 4.20. The van der Waals surface area contributed by atoms with Crippen LogP contribution in [-0.4, -0.2) is 0 Å². The van der Waals surface area contributed by atoms with Gasteiger partial charge in [-0.2, -0.15) is 0 Å². The molecule has 0 spiro atoms. The molecule has 0 aliphatic carbocycles. The van der Waals surface area contributed by atoms with Crippen LogP contribution in [0.1, 0.15) is 60.1 Å². The Hall–Kier alpha value is -1.56. The standard InChI is InChI=1S/C20H26.CH4/c1-19(2,3)17-11-7-15(8-12-17)16-9-13-18(14-10-16)20(4,5)6;/h7-14H,1-6H3;1H4. The summed E-state index contributed by atoms with van der Waals surface area (Å²) in [6, 6.07) is 17.9. The zero-order valence-electron chi connectivity index (χ0n) is 13.6. The maximum absolute atomic E-state index is 2.25. The molecule has 0 heteroatoms. The largest absolute Gasteiger partial charge is 0.0776 e. The van der Waals surface area contributed by atoms with Gasteiger partial charge >= 0.3 is 0 Å².